The molecular formula is C28H26F4N6OS. The largest absolute Gasteiger partial charge is 0.416 e. The SMILES string of the molecule is CCn1nccc1SN1CCC2Cc3c(cnn3-c3ccc(F)cc3)CC2(C(=O)c2cc(C(F)(F)F)ccn2)C1. The van der Waals surface area contributed by atoms with E-state index >= 15 is 0 Å². The molecule has 208 valence electrons. The smallest absolute Gasteiger partial charge is 0.292 e. The fraction of sp³-hybridized carbons (Fsp3) is 0.357. The quantitative estimate of drug-likeness (QED) is 0.170. The van der Waals surface area contributed by atoms with Crippen LogP contribution < -0.4 is 0 Å². The summed E-state index contributed by atoms with van der Waals surface area (Å²) in [6.07, 6.45) is 1.39. The molecule has 40 heavy (non-hydrogen) atoms. The number of pyridine rings is 1. The van der Waals surface area contributed by atoms with Crippen molar-refractivity contribution in [3.05, 3.63) is 89.4 Å². The molecule has 0 spiro atoms. The lowest BCUT2D eigenvalue weighted by molar-refractivity contribution is -0.137. The molecule has 0 radical (unpaired) electrons. The average Bonchev–Trinajstić information content (AvgIpc) is 3.57. The Morgan fingerprint density at radius 2 is 1.93 bits per heavy atom. The van der Waals surface area contributed by atoms with Crippen LogP contribution in [0.1, 0.15) is 40.7 Å². The van der Waals surface area contributed by atoms with Gasteiger partial charge < -0.3 is 0 Å². The Hall–Kier alpha value is -3.51. The van der Waals surface area contributed by atoms with Gasteiger partial charge in [-0.2, -0.15) is 23.4 Å². The lowest BCUT2D eigenvalue weighted by Crippen LogP contribution is -2.55. The molecule has 2 unspecified atom stereocenters. The highest BCUT2D eigenvalue weighted by Gasteiger charge is 2.53. The highest BCUT2D eigenvalue weighted by atomic mass is 32.2. The molecule has 12 heteroatoms. The van der Waals surface area contributed by atoms with Crippen LogP contribution in [0.5, 0.6) is 0 Å². The summed E-state index contributed by atoms with van der Waals surface area (Å²) in [6, 6.07) is 9.70. The van der Waals surface area contributed by atoms with Crippen molar-refractivity contribution in [3.8, 4) is 5.69 Å². The van der Waals surface area contributed by atoms with Crippen molar-refractivity contribution in [1.29, 1.82) is 0 Å². The second-order valence-corrected chi connectivity index (χ2v) is 11.3. The van der Waals surface area contributed by atoms with E-state index in [0.717, 1.165) is 34.6 Å². The Kier molecular flexibility index (Phi) is 6.78. The number of fused-ring (bicyclic) bond motifs is 2. The number of hydrogen-bond acceptors (Lipinski definition) is 6. The predicted molar refractivity (Wildman–Crippen MR) is 140 cm³/mol. The Balaban J connectivity index is 1.39. The number of hydrogen-bond donors (Lipinski definition) is 0. The number of carbonyl (C=O) groups excluding carboxylic acids is 1. The average molecular weight is 571 g/mol. The van der Waals surface area contributed by atoms with Crippen LogP contribution in [-0.4, -0.2) is 47.7 Å². The number of aromatic nitrogens is 5. The monoisotopic (exact) mass is 570 g/mol. The fourth-order valence-corrected chi connectivity index (χ4v) is 7.07. The van der Waals surface area contributed by atoms with E-state index in [1.54, 1.807) is 29.2 Å². The maximum atomic E-state index is 14.3. The number of alkyl halides is 3. The molecule has 0 N–H and O–H groups in total. The Labute approximate surface area is 232 Å². The fourth-order valence-electron chi connectivity index (χ4n) is 5.92. The molecule has 1 saturated heterocycles. The van der Waals surface area contributed by atoms with Crippen molar-refractivity contribution < 1.29 is 22.4 Å². The molecule has 1 aromatic carbocycles. The van der Waals surface area contributed by atoms with Crippen LogP contribution in [0.3, 0.4) is 0 Å². The summed E-state index contributed by atoms with van der Waals surface area (Å²) in [4.78, 5) is 18.4. The number of Topliss-reactive ketones (excluding diaryl/α,β-unsaturated/α-hetero) is 1. The van der Waals surface area contributed by atoms with Crippen molar-refractivity contribution in [2.45, 2.75) is 43.9 Å². The van der Waals surface area contributed by atoms with Crippen molar-refractivity contribution in [2.24, 2.45) is 11.3 Å². The van der Waals surface area contributed by atoms with Crippen LogP contribution in [0, 0.1) is 17.2 Å². The third kappa shape index (κ3) is 4.72. The lowest BCUT2D eigenvalue weighted by Gasteiger charge is -2.49. The van der Waals surface area contributed by atoms with Gasteiger partial charge in [0.2, 0.25) is 0 Å². The number of halogens is 4. The Bertz CT molecular complexity index is 1550. The number of rotatable bonds is 6. The zero-order chi connectivity index (χ0) is 28.1. The maximum Gasteiger partial charge on any atom is 0.416 e. The van der Waals surface area contributed by atoms with E-state index in [2.05, 4.69) is 19.5 Å². The molecule has 2 atom stereocenters. The maximum absolute atomic E-state index is 14.3. The molecule has 1 aliphatic heterocycles. The summed E-state index contributed by atoms with van der Waals surface area (Å²) in [5.74, 6) is -0.886. The number of carbonyl (C=O) groups is 1. The number of aryl methyl sites for hydroxylation is 1. The van der Waals surface area contributed by atoms with Crippen molar-refractivity contribution >= 4 is 17.7 Å². The first-order valence-corrected chi connectivity index (χ1v) is 13.8. The molecule has 0 saturated carbocycles. The van der Waals surface area contributed by atoms with Gasteiger partial charge in [-0.05, 0) is 92.1 Å². The molecule has 0 amide bonds. The van der Waals surface area contributed by atoms with E-state index in [1.807, 2.05) is 17.7 Å². The Morgan fingerprint density at radius 1 is 1.12 bits per heavy atom. The molecule has 4 aromatic rings. The summed E-state index contributed by atoms with van der Waals surface area (Å²) in [7, 11) is 0. The highest BCUT2D eigenvalue weighted by molar-refractivity contribution is 7.97. The van der Waals surface area contributed by atoms with Crippen molar-refractivity contribution in [2.75, 3.05) is 13.1 Å². The molecular weight excluding hydrogens is 544 g/mol. The third-order valence-corrected chi connectivity index (χ3v) is 9.01. The molecule has 1 aliphatic carbocycles. The van der Waals surface area contributed by atoms with E-state index < -0.39 is 22.9 Å². The van der Waals surface area contributed by atoms with Gasteiger partial charge in [0.1, 0.15) is 16.5 Å². The van der Waals surface area contributed by atoms with E-state index in [0.29, 0.717) is 44.6 Å². The second-order valence-electron chi connectivity index (χ2n) is 10.2. The van der Waals surface area contributed by atoms with E-state index in [1.165, 1.54) is 24.1 Å². The van der Waals surface area contributed by atoms with Gasteiger partial charge in [0.25, 0.3) is 0 Å². The first kappa shape index (κ1) is 26.7. The molecule has 2 aliphatic rings. The van der Waals surface area contributed by atoms with Crippen LogP contribution in [0.4, 0.5) is 17.6 Å². The van der Waals surface area contributed by atoms with Crippen LogP contribution in [0.2, 0.25) is 0 Å². The molecule has 4 heterocycles. The van der Waals surface area contributed by atoms with Gasteiger partial charge in [0.05, 0.1) is 29.1 Å². The standard InChI is InChI=1S/C28H26F4N6OS/c1-2-37-25(8-11-34-37)40-36-12-9-19-14-24-18(16-35-38(24)22-5-3-21(29)4-6-22)15-27(19,17-36)26(39)23-13-20(7-10-33-23)28(30,31)32/h3-8,10-11,13,16,19H,2,9,12,14-15,17H2,1H3. The minimum absolute atomic E-state index is 0.146. The van der Waals surface area contributed by atoms with Crippen LogP contribution >= 0.6 is 11.9 Å². The highest BCUT2D eigenvalue weighted by Crippen LogP contribution is 2.49. The summed E-state index contributed by atoms with van der Waals surface area (Å²) >= 11 is 1.51. The Morgan fingerprint density at radius 3 is 2.67 bits per heavy atom. The number of nitrogens with zero attached hydrogens (tertiary/aromatic N) is 6. The molecule has 7 nitrogen and oxygen atoms in total. The molecule has 6 rings (SSSR count). The zero-order valence-corrected chi connectivity index (χ0v) is 22.4. The van der Waals surface area contributed by atoms with Gasteiger partial charge >= 0.3 is 6.18 Å². The normalized spacial score (nSPS) is 21.2. The summed E-state index contributed by atoms with van der Waals surface area (Å²) in [6.45, 7) is 3.72. The summed E-state index contributed by atoms with van der Waals surface area (Å²) < 4.78 is 59.9. The number of ketones is 1. The van der Waals surface area contributed by atoms with Gasteiger partial charge in [-0.25, -0.2) is 13.4 Å². The molecule has 1 fully saturated rings. The second kappa shape index (κ2) is 10.2. The van der Waals surface area contributed by atoms with E-state index in [4.69, 9.17) is 0 Å². The number of piperidine rings is 1. The lowest BCUT2D eigenvalue weighted by atomic mass is 9.60. The minimum atomic E-state index is -4.59. The first-order chi connectivity index (χ1) is 19.2. The van der Waals surface area contributed by atoms with Gasteiger partial charge in [0.15, 0.2) is 5.78 Å². The third-order valence-electron chi connectivity index (χ3n) is 7.91. The van der Waals surface area contributed by atoms with Crippen molar-refractivity contribution in [3.63, 3.8) is 0 Å². The first-order valence-electron chi connectivity index (χ1n) is 13.0. The van der Waals surface area contributed by atoms with Crippen LogP contribution in [0.15, 0.2) is 66.1 Å². The zero-order valence-electron chi connectivity index (χ0n) is 21.6. The minimum Gasteiger partial charge on any atom is -0.292 e. The van der Waals surface area contributed by atoms with Crippen molar-refractivity contribution in [1.82, 2.24) is 28.9 Å². The van der Waals surface area contributed by atoms with Crippen LogP contribution in [-0.2, 0) is 25.6 Å². The van der Waals surface area contributed by atoms with Gasteiger partial charge in [-0.3, -0.25) is 14.5 Å². The van der Waals surface area contributed by atoms with E-state index in [-0.39, 0.29) is 17.4 Å². The summed E-state index contributed by atoms with van der Waals surface area (Å²) in [5, 5.41) is 9.82. The van der Waals surface area contributed by atoms with Gasteiger partial charge in [-0.1, -0.05) is 0 Å². The molecule has 0 bridgehead atoms. The number of benzene rings is 1. The molecule has 3 aromatic heterocycles. The summed E-state index contributed by atoms with van der Waals surface area (Å²) in [5.41, 5.74) is 0.423. The van der Waals surface area contributed by atoms with Gasteiger partial charge in [0, 0.05) is 31.5 Å². The van der Waals surface area contributed by atoms with Crippen LogP contribution in [0.25, 0.3) is 5.69 Å². The van der Waals surface area contributed by atoms with E-state index in [9.17, 15) is 22.4 Å². The van der Waals surface area contributed by atoms with Gasteiger partial charge in [-0.15, -0.1) is 0 Å². The topological polar surface area (TPSA) is 68.8 Å². The predicted octanol–water partition coefficient (Wildman–Crippen LogP) is 5.64.